The number of sulfone groups is 1. The van der Waals surface area contributed by atoms with Crippen LogP contribution in [0, 0.1) is 0 Å². The molecular weight excluding hydrogens is 386 g/mol. The molecule has 0 aliphatic carbocycles. The molecule has 1 aromatic carbocycles. The fourth-order valence-electron chi connectivity index (χ4n) is 2.43. The largest absolute Gasteiger partial charge is 0.338 e. The predicted molar refractivity (Wildman–Crippen MR) is 102 cm³/mol. The molecule has 0 aliphatic heterocycles. The maximum absolute atomic E-state index is 12.4. The lowest BCUT2D eigenvalue weighted by atomic mass is 10.2. The lowest BCUT2D eigenvalue weighted by Crippen LogP contribution is -2.42. The number of carbonyl (C=O) groups is 2. The van der Waals surface area contributed by atoms with Gasteiger partial charge in [0.15, 0.2) is 9.84 Å². The Balaban J connectivity index is 1.62. The zero-order chi connectivity index (χ0) is 19.4. The van der Waals surface area contributed by atoms with Crippen LogP contribution >= 0.6 is 11.3 Å². The van der Waals surface area contributed by atoms with Gasteiger partial charge in [-0.1, -0.05) is 6.07 Å². The number of carbonyl (C=O) groups excluding carboxylic acids is 2. The van der Waals surface area contributed by atoms with Gasteiger partial charge < -0.3 is 4.57 Å². The second-order valence-electron chi connectivity index (χ2n) is 5.81. The summed E-state index contributed by atoms with van der Waals surface area (Å²) in [5, 5.41) is 1.97. The lowest BCUT2D eigenvalue weighted by molar-refractivity contribution is 0.0841. The van der Waals surface area contributed by atoms with Crippen LogP contribution in [0.4, 0.5) is 0 Å². The van der Waals surface area contributed by atoms with Gasteiger partial charge in [-0.3, -0.25) is 20.4 Å². The summed E-state index contributed by atoms with van der Waals surface area (Å²) >= 11 is 1.59. The molecule has 0 fully saturated rings. The van der Waals surface area contributed by atoms with E-state index in [1.165, 1.54) is 24.3 Å². The van der Waals surface area contributed by atoms with E-state index in [2.05, 4.69) is 10.9 Å². The minimum atomic E-state index is -3.33. The molecule has 9 heteroatoms. The van der Waals surface area contributed by atoms with Crippen molar-refractivity contribution in [1.29, 1.82) is 0 Å². The highest BCUT2D eigenvalue weighted by atomic mass is 32.2. The Morgan fingerprint density at radius 3 is 2.33 bits per heavy atom. The summed E-state index contributed by atoms with van der Waals surface area (Å²) in [6.07, 6.45) is 2.88. The van der Waals surface area contributed by atoms with E-state index >= 15 is 0 Å². The summed E-state index contributed by atoms with van der Waals surface area (Å²) in [4.78, 5) is 25.7. The molecule has 2 amide bonds. The Kier molecular flexibility index (Phi) is 5.43. The van der Waals surface area contributed by atoms with E-state index in [9.17, 15) is 18.0 Å². The predicted octanol–water partition coefficient (Wildman–Crippen LogP) is 2.08. The number of hydrogen-bond donors (Lipinski definition) is 2. The standard InChI is InChI=1S/C18H17N3O4S2/c1-27(24,25)15-8-6-13(7-9-15)17(22)19-20-18(23)16-5-2-10-21(16)12-14-4-3-11-26-14/h2-11H,12H2,1H3,(H,19,22)(H,20,23). The van der Waals surface area contributed by atoms with Crippen molar-refractivity contribution in [3.63, 3.8) is 0 Å². The van der Waals surface area contributed by atoms with Crippen LogP contribution in [0.25, 0.3) is 0 Å². The van der Waals surface area contributed by atoms with Crippen molar-refractivity contribution in [2.24, 2.45) is 0 Å². The van der Waals surface area contributed by atoms with Gasteiger partial charge in [-0.05, 0) is 47.8 Å². The van der Waals surface area contributed by atoms with Crippen molar-refractivity contribution in [1.82, 2.24) is 15.4 Å². The van der Waals surface area contributed by atoms with Crippen LogP contribution in [0.5, 0.6) is 0 Å². The minimum Gasteiger partial charge on any atom is -0.338 e. The molecular formula is C18H17N3O4S2. The monoisotopic (exact) mass is 403 g/mol. The van der Waals surface area contributed by atoms with Crippen molar-refractivity contribution in [3.8, 4) is 0 Å². The molecule has 2 aromatic heterocycles. The summed E-state index contributed by atoms with van der Waals surface area (Å²) < 4.78 is 24.7. The van der Waals surface area contributed by atoms with E-state index in [-0.39, 0.29) is 10.5 Å². The minimum absolute atomic E-state index is 0.120. The fraction of sp³-hybridized carbons (Fsp3) is 0.111. The average Bonchev–Trinajstić information content (AvgIpc) is 3.31. The number of thiophene rings is 1. The second-order valence-corrected chi connectivity index (χ2v) is 8.85. The molecule has 0 saturated heterocycles. The smallest absolute Gasteiger partial charge is 0.286 e. The van der Waals surface area contributed by atoms with Gasteiger partial charge in [-0.2, -0.15) is 0 Å². The third kappa shape index (κ3) is 4.63. The first-order chi connectivity index (χ1) is 12.8. The quantitative estimate of drug-likeness (QED) is 0.638. The molecule has 27 heavy (non-hydrogen) atoms. The first-order valence-corrected chi connectivity index (χ1v) is 10.7. The average molecular weight is 403 g/mol. The number of hydrazine groups is 1. The molecule has 2 N–H and O–H groups in total. The molecule has 2 heterocycles. The van der Waals surface area contributed by atoms with E-state index < -0.39 is 21.7 Å². The molecule has 3 aromatic rings. The number of aromatic nitrogens is 1. The summed E-state index contributed by atoms with van der Waals surface area (Å²) in [7, 11) is -3.33. The molecule has 0 radical (unpaired) electrons. The highest BCUT2D eigenvalue weighted by Gasteiger charge is 2.14. The SMILES string of the molecule is CS(=O)(=O)c1ccc(C(=O)NNC(=O)c2cccn2Cc2cccs2)cc1. The Labute approximate surface area is 160 Å². The molecule has 0 atom stereocenters. The van der Waals surface area contributed by atoms with Crippen LogP contribution in [-0.4, -0.2) is 31.1 Å². The summed E-state index contributed by atoms with van der Waals surface area (Å²) in [5.41, 5.74) is 5.35. The van der Waals surface area contributed by atoms with Crippen LogP contribution in [-0.2, 0) is 16.4 Å². The van der Waals surface area contributed by atoms with Gasteiger partial charge >= 0.3 is 0 Å². The van der Waals surface area contributed by atoms with Crippen LogP contribution in [0.1, 0.15) is 25.7 Å². The number of benzene rings is 1. The van der Waals surface area contributed by atoms with E-state index in [1.807, 2.05) is 17.5 Å². The van der Waals surface area contributed by atoms with Crippen molar-refractivity contribution < 1.29 is 18.0 Å². The van der Waals surface area contributed by atoms with Crippen molar-refractivity contribution in [2.45, 2.75) is 11.4 Å². The van der Waals surface area contributed by atoms with Gasteiger partial charge in [-0.25, -0.2) is 8.42 Å². The van der Waals surface area contributed by atoms with Gasteiger partial charge in [0.2, 0.25) is 0 Å². The van der Waals surface area contributed by atoms with Crippen molar-refractivity contribution in [2.75, 3.05) is 6.26 Å². The third-order valence-electron chi connectivity index (χ3n) is 3.80. The normalized spacial score (nSPS) is 11.1. The Bertz CT molecular complexity index is 1050. The molecule has 140 valence electrons. The fourth-order valence-corrected chi connectivity index (χ4v) is 3.76. The summed E-state index contributed by atoms with van der Waals surface area (Å²) in [6.45, 7) is 0.564. The maximum Gasteiger partial charge on any atom is 0.286 e. The van der Waals surface area contributed by atoms with Gasteiger partial charge in [-0.15, -0.1) is 11.3 Å². The van der Waals surface area contributed by atoms with Crippen molar-refractivity contribution >= 4 is 33.0 Å². The zero-order valence-corrected chi connectivity index (χ0v) is 16.0. The molecule has 0 spiro atoms. The highest BCUT2D eigenvalue weighted by Crippen LogP contribution is 2.13. The van der Waals surface area contributed by atoms with Gasteiger partial charge in [0, 0.05) is 22.9 Å². The maximum atomic E-state index is 12.4. The van der Waals surface area contributed by atoms with Crippen LogP contribution in [0.15, 0.2) is 65.0 Å². The lowest BCUT2D eigenvalue weighted by Gasteiger charge is -2.10. The number of amides is 2. The van der Waals surface area contributed by atoms with Crippen molar-refractivity contribution in [3.05, 3.63) is 76.2 Å². The highest BCUT2D eigenvalue weighted by molar-refractivity contribution is 7.90. The topological polar surface area (TPSA) is 97.3 Å². The number of nitrogens with one attached hydrogen (secondary N) is 2. The molecule has 7 nitrogen and oxygen atoms in total. The van der Waals surface area contributed by atoms with Crippen LogP contribution < -0.4 is 10.9 Å². The molecule has 0 saturated carbocycles. The molecule has 0 bridgehead atoms. The Morgan fingerprint density at radius 2 is 1.70 bits per heavy atom. The zero-order valence-electron chi connectivity index (χ0n) is 14.4. The molecule has 0 aliphatic rings. The number of rotatable bonds is 5. The number of nitrogens with zero attached hydrogens (tertiary/aromatic N) is 1. The van der Waals surface area contributed by atoms with E-state index in [1.54, 1.807) is 34.2 Å². The first-order valence-electron chi connectivity index (χ1n) is 7.93. The third-order valence-corrected chi connectivity index (χ3v) is 5.79. The van der Waals surface area contributed by atoms with Crippen LogP contribution in [0.2, 0.25) is 0 Å². The Morgan fingerprint density at radius 1 is 1.00 bits per heavy atom. The summed E-state index contributed by atoms with van der Waals surface area (Å²) in [5.74, 6) is -0.988. The van der Waals surface area contributed by atoms with E-state index in [4.69, 9.17) is 0 Å². The second kappa shape index (κ2) is 7.77. The van der Waals surface area contributed by atoms with E-state index in [0.29, 0.717) is 12.2 Å². The van der Waals surface area contributed by atoms with Gasteiger partial charge in [0.05, 0.1) is 11.4 Å². The summed E-state index contributed by atoms with van der Waals surface area (Å²) in [6, 6.07) is 12.8. The van der Waals surface area contributed by atoms with Crippen LogP contribution in [0.3, 0.4) is 0 Å². The molecule has 0 unspecified atom stereocenters. The molecule has 3 rings (SSSR count). The van der Waals surface area contributed by atoms with Gasteiger partial charge in [0.1, 0.15) is 5.69 Å². The Hall–Kier alpha value is -2.91. The van der Waals surface area contributed by atoms with E-state index in [0.717, 1.165) is 11.1 Å². The number of hydrogen-bond acceptors (Lipinski definition) is 5. The first kappa shape index (κ1) is 18.9. The van der Waals surface area contributed by atoms with Gasteiger partial charge in [0.25, 0.3) is 11.8 Å².